The smallest absolute Gasteiger partial charge is 0.0900 e. The van der Waals surface area contributed by atoms with E-state index in [0.29, 0.717) is 6.61 Å². The van der Waals surface area contributed by atoms with Gasteiger partial charge in [0.15, 0.2) is 0 Å². The molecule has 1 saturated heterocycles. The molecule has 0 aromatic heterocycles. The molecule has 144 valence electrons. The topological polar surface area (TPSA) is 35.9 Å². The Balaban J connectivity index is 1.09. The van der Waals surface area contributed by atoms with Crippen LogP contribution in [-0.4, -0.2) is 62.0 Å². The molecule has 4 rings (SSSR count). The van der Waals surface area contributed by atoms with E-state index in [1.807, 2.05) is 0 Å². The molecule has 2 saturated carbocycles. The standard InChI is InChI=1S/C22H34N2O2/c25-22(17-26-13-8-20-15-18-6-7-19(20)14-18)16-23-9-11-24(12-10-23)21-4-2-1-3-5-21/h1-5,18-20,22,25H,6-17H2/t18-,19-,20+,22+/m0/s1. The van der Waals surface area contributed by atoms with Crippen LogP contribution < -0.4 is 4.90 Å². The molecular formula is C22H34N2O2. The van der Waals surface area contributed by atoms with E-state index in [1.54, 1.807) is 0 Å². The molecule has 26 heavy (non-hydrogen) atoms. The Morgan fingerprint density at radius 2 is 1.85 bits per heavy atom. The molecule has 3 fully saturated rings. The van der Waals surface area contributed by atoms with Gasteiger partial charge in [-0.05, 0) is 55.6 Å². The third kappa shape index (κ3) is 4.59. The van der Waals surface area contributed by atoms with Crippen molar-refractivity contribution < 1.29 is 9.84 Å². The summed E-state index contributed by atoms with van der Waals surface area (Å²) in [6, 6.07) is 10.6. The van der Waals surface area contributed by atoms with Gasteiger partial charge in [-0.2, -0.15) is 0 Å². The Morgan fingerprint density at radius 1 is 1.04 bits per heavy atom. The molecule has 1 aromatic carbocycles. The highest BCUT2D eigenvalue weighted by atomic mass is 16.5. The summed E-state index contributed by atoms with van der Waals surface area (Å²) in [5.74, 6) is 2.90. The summed E-state index contributed by atoms with van der Waals surface area (Å²) >= 11 is 0. The Morgan fingerprint density at radius 3 is 2.54 bits per heavy atom. The predicted octanol–water partition coefficient (Wildman–Crippen LogP) is 3.01. The Labute approximate surface area is 158 Å². The number of fused-ring (bicyclic) bond motifs is 2. The van der Waals surface area contributed by atoms with Crippen molar-refractivity contribution in [2.24, 2.45) is 17.8 Å². The minimum atomic E-state index is -0.363. The number of piperazine rings is 1. The van der Waals surface area contributed by atoms with E-state index < -0.39 is 0 Å². The lowest BCUT2D eigenvalue weighted by Gasteiger charge is -2.36. The lowest BCUT2D eigenvalue weighted by Crippen LogP contribution is -2.49. The van der Waals surface area contributed by atoms with E-state index in [2.05, 4.69) is 40.1 Å². The van der Waals surface area contributed by atoms with Gasteiger partial charge in [-0.1, -0.05) is 24.6 Å². The van der Waals surface area contributed by atoms with Gasteiger partial charge in [0.05, 0.1) is 12.7 Å². The SMILES string of the molecule is O[C@@H](COCC[C@@H]1C[C@H]2CC[C@H]1C2)CN1CCN(c2ccccc2)CC1. The number of β-amino-alcohol motifs (C(OH)–C–C–N with tert-alkyl or cyclic N) is 1. The van der Waals surface area contributed by atoms with Crippen molar-refractivity contribution in [1.82, 2.24) is 4.90 Å². The van der Waals surface area contributed by atoms with Crippen LogP contribution in [0.3, 0.4) is 0 Å². The minimum Gasteiger partial charge on any atom is -0.389 e. The van der Waals surface area contributed by atoms with Gasteiger partial charge >= 0.3 is 0 Å². The third-order valence-electron chi connectivity index (χ3n) is 6.79. The van der Waals surface area contributed by atoms with Crippen molar-refractivity contribution in [3.63, 3.8) is 0 Å². The Bertz CT molecular complexity index is 544. The number of nitrogens with zero attached hydrogens (tertiary/aromatic N) is 2. The first-order valence-corrected chi connectivity index (χ1v) is 10.6. The van der Waals surface area contributed by atoms with Gasteiger partial charge in [0.2, 0.25) is 0 Å². The van der Waals surface area contributed by atoms with Gasteiger partial charge in [-0.25, -0.2) is 0 Å². The summed E-state index contributed by atoms with van der Waals surface area (Å²) in [5, 5.41) is 10.3. The number of ether oxygens (including phenoxy) is 1. The lowest BCUT2D eigenvalue weighted by molar-refractivity contribution is 0.0100. The first-order chi connectivity index (χ1) is 12.8. The van der Waals surface area contributed by atoms with Gasteiger partial charge in [0.1, 0.15) is 0 Å². The highest BCUT2D eigenvalue weighted by Crippen LogP contribution is 2.49. The molecule has 1 N–H and O–H groups in total. The summed E-state index contributed by atoms with van der Waals surface area (Å²) in [7, 11) is 0. The number of hydrogen-bond acceptors (Lipinski definition) is 4. The van der Waals surface area contributed by atoms with Gasteiger partial charge in [0.25, 0.3) is 0 Å². The molecule has 0 unspecified atom stereocenters. The predicted molar refractivity (Wildman–Crippen MR) is 105 cm³/mol. The summed E-state index contributed by atoms with van der Waals surface area (Å²) in [4.78, 5) is 4.79. The summed E-state index contributed by atoms with van der Waals surface area (Å²) in [6.07, 6.45) is 6.66. The normalized spacial score (nSPS) is 30.0. The lowest BCUT2D eigenvalue weighted by atomic mass is 9.87. The second-order valence-electron chi connectivity index (χ2n) is 8.58. The Kier molecular flexibility index (Phi) is 6.13. The molecule has 0 radical (unpaired) electrons. The molecule has 0 spiro atoms. The molecule has 2 aliphatic carbocycles. The third-order valence-corrected chi connectivity index (χ3v) is 6.79. The fraction of sp³-hybridized carbons (Fsp3) is 0.727. The minimum absolute atomic E-state index is 0.363. The van der Waals surface area contributed by atoms with Crippen LogP contribution in [0, 0.1) is 17.8 Å². The molecule has 4 nitrogen and oxygen atoms in total. The molecule has 4 atom stereocenters. The molecule has 1 aromatic rings. The highest BCUT2D eigenvalue weighted by Gasteiger charge is 2.38. The number of benzene rings is 1. The Hall–Kier alpha value is -1.10. The monoisotopic (exact) mass is 358 g/mol. The van der Waals surface area contributed by atoms with Crippen molar-refractivity contribution in [1.29, 1.82) is 0 Å². The van der Waals surface area contributed by atoms with Crippen molar-refractivity contribution in [2.75, 3.05) is 50.8 Å². The van der Waals surface area contributed by atoms with Crippen LogP contribution in [0.5, 0.6) is 0 Å². The largest absolute Gasteiger partial charge is 0.389 e. The fourth-order valence-electron chi connectivity index (χ4n) is 5.36. The summed E-state index contributed by atoms with van der Waals surface area (Å²) in [5.41, 5.74) is 1.30. The first-order valence-electron chi connectivity index (χ1n) is 10.6. The van der Waals surface area contributed by atoms with Gasteiger partial charge in [-0.3, -0.25) is 4.90 Å². The number of para-hydroxylation sites is 1. The van der Waals surface area contributed by atoms with Crippen LogP contribution in [0.25, 0.3) is 0 Å². The quantitative estimate of drug-likeness (QED) is 0.725. The van der Waals surface area contributed by atoms with E-state index in [4.69, 9.17) is 4.74 Å². The summed E-state index contributed by atoms with van der Waals surface area (Å²) < 4.78 is 5.81. The van der Waals surface area contributed by atoms with E-state index in [9.17, 15) is 5.11 Å². The van der Waals surface area contributed by atoms with E-state index in [-0.39, 0.29) is 6.10 Å². The molecule has 4 heteroatoms. The summed E-state index contributed by atoms with van der Waals surface area (Å²) in [6.45, 7) is 6.13. The zero-order valence-electron chi connectivity index (χ0n) is 15.9. The zero-order valence-corrected chi connectivity index (χ0v) is 15.9. The number of anilines is 1. The molecule has 0 amide bonds. The van der Waals surface area contributed by atoms with Crippen LogP contribution in [0.1, 0.15) is 32.1 Å². The van der Waals surface area contributed by atoms with Crippen molar-refractivity contribution >= 4 is 5.69 Å². The van der Waals surface area contributed by atoms with Crippen molar-refractivity contribution in [3.8, 4) is 0 Å². The van der Waals surface area contributed by atoms with E-state index >= 15 is 0 Å². The number of aliphatic hydroxyl groups excluding tert-OH is 1. The van der Waals surface area contributed by atoms with Gasteiger partial charge < -0.3 is 14.7 Å². The maximum atomic E-state index is 10.3. The maximum absolute atomic E-state index is 10.3. The number of hydrogen-bond donors (Lipinski definition) is 1. The fourth-order valence-corrected chi connectivity index (χ4v) is 5.36. The van der Waals surface area contributed by atoms with E-state index in [1.165, 1.54) is 37.8 Å². The molecule has 2 bridgehead atoms. The van der Waals surface area contributed by atoms with Crippen LogP contribution in [-0.2, 0) is 4.74 Å². The maximum Gasteiger partial charge on any atom is 0.0900 e. The number of aliphatic hydroxyl groups is 1. The van der Waals surface area contributed by atoms with Gasteiger partial charge in [-0.15, -0.1) is 0 Å². The molecular weight excluding hydrogens is 324 g/mol. The first kappa shape index (κ1) is 18.3. The van der Waals surface area contributed by atoms with Crippen LogP contribution in [0.15, 0.2) is 30.3 Å². The van der Waals surface area contributed by atoms with Gasteiger partial charge in [0, 0.05) is 45.0 Å². The molecule has 3 aliphatic rings. The van der Waals surface area contributed by atoms with Crippen molar-refractivity contribution in [3.05, 3.63) is 30.3 Å². The van der Waals surface area contributed by atoms with Crippen LogP contribution in [0.4, 0.5) is 5.69 Å². The second kappa shape index (κ2) is 8.73. The van der Waals surface area contributed by atoms with Crippen LogP contribution >= 0.6 is 0 Å². The highest BCUT2D eigenvalue weighted by molar-refractivity contribution is 5.46. The van der Waals surface area contributed by atoms with E-state index in [0.717, 1.165) is 57.1 Å². The average Bonchev–Trinajstić information content (AvgIpc) is 3.30. The molecule has 1 aliphatic heterocycles. The molecule has 1 heterocycles. The van der Waals surface area contributed by atoms with Crippen LogP contribution in [0.2, 0.25) is 0 Å². The number of rotatable bonds is 8. The zero-order chi connectivity index (χ0) is 17.8. The van der Waals surface area contributed by atoms with Crippen molar-refractivity contribution in [2.45, 2.75) is 38.2 Å². The second-order valence-corrected chi connectivity index (χ2v) is 8.58. The average molecular weight is 359 g/mol.